The van der Waals surface area contributed by atoms with Crippen molar-refractivity contribution in [2.75, 3.05) is 57.8 Å². The minimum atomic E-state index is -0.640. The molecule has 10 nitrogen and oxygen atoms in total. The number of aromatic nitrogens is 1. The van der Waals surface area contributed by atoms with Crippen molar-refractivity contribution in [3.05, 3.63) is 116 Å². The van der Waals surface area contributed by atoms with Crippen LogP contribution in [0.3, 0.4) is 0 Å². The molecule has 1 N–H and O–H groups in total. The molecule has 2 saturated heterocycles. The number of nitrogens with zero attached hydrogens (tertiary/aromatic N) is 5. The molecule has 4 aliphatic rings. The van der Waals surface area contributed by atoms with Gasteiger partial charge in [-0.1, -0.05) is 48.0 Å². The normalized spacial score (nSPS) is 18.7. The Balaban J connectivity index is 1.20. The van der Waals surface area contributed by atoms with Gasteiger partial charge in [-0.05, 0) is 102 Å². The number of anilines is 2. The van der Waals surface area contributed by atoms with Crippen LogP contribution in [0.4, 0.5) is 15.9 Å². The first-order valence-corrected chi connectivity index (χ1v) is 19.7. The van der Waals surface area contributed by atoms with Crippen LogP contribution >= 0.6 is 34.2 Å². The fourth-order valence-corrected chi connectivity index (χ4v) is 8.94. The van der Waals surface area contributed by atoms with Gasteiger partial charge in [-0.2, -0.15) is 0 Å². The average molecular weight is 877 g/mol. The maximum atomic E-state index is 17.5. The molecule has 8 rings (SSSR count). The summed E-state index contributed by atoms with van der Waals surface area (Å²) in [6, 6.07) is 17.9. The highest BCUT2D eigenvalue weighted by Gasteiger charge is 2.47. The van der Waals surface area contributed by atoms with E-state index >= 15 is 4.39 Å². The zero-order valence-electron chi connectivity index (χ0n) is 31.3. The molecule has 0 aliphatic carbocycles. The predicted molar refractivity (Wildman–Crippen MR) is 223 cm³/mol. The number of aryl methyl sites for hydroxylation is 1. The van der Waals surface area contributed by atoms with E-state index in [2.05, 4.69) is 44.3 Å². The van der Waals surface area contributed by atoms with Crippen LogP contribution in [0.25, 0.3) is 11.3 Å². The van der Waals surface area contributed by atoms with E-state index in [9.17, 15) is 0 Å². The smallest absolute Gasteiger partial charge is 0.302 e. The molecule has 0 unspecified atom stereocenters. The predicted octanol–water partition coefficient (Wildman–Crippen LogP) is 8.74. The molecule has 5 heterocycles. The summed E-state index contributed by atoms with van der Waals surface area (Å²) in [6.07, 6.45) is 4.71. The van der Waals surface area contributed by atoms with Crippen LogP contribution in [-0.4, -0.2) is 73.8 Å². The Morgan fingerprint density at radius 3 is 2.38 bits per heavy atom. The number of fused-ring (bicyclic) bond motifs is 1. The van der Waals surface area contributed by atoms with Crippen LogP contribution in [-0.2, 0) is 17.8 Å². The fraction of sp³-hybridized carbons (Fsp3) is 0.333. The first-order valence-electron chi connectivity index (χ1n) is 18.3. The average Bonchev–Trinajstić information content (AvgIpc) is 3.67. The van der Waals surface area contributed by atoms with Crippen molar-refractivity contribution in [2.45, 2.75) is 44.8 Å². The molecular weight excluding hydrogens is 834 g/mol. The molecule has 1 aromatic heterocycles. The van der Waals surface area contributed by atoms with Gasteiger partial charge in [0, 0.05) is 30.3 Å². The number of rotatable bonds is 11. The molecule has 55 heavy (non-hydrogen) atoms. The van der Waals surface area contributed by atoms with E-state index < -0.39 is 5.82 Å². The van der Waals surface area contributed by atoms with E-state index in [0.29, 0.717) is 48.3 Å². The summed E-state index contributed by atoms with van der Waals surface area (Å²) in [7, 11) is 5.15. The minimum Gasteiger partial charge on any atom is -0.497 e. The van der Waals surface area contributed by atoms with E-state index in [4.69, 9.17) is 40.5 Å². The Hall–Kier alpha value is -4.53. The maximum absolute atomic E-state index is 17.5. The maximum Gasteiger partial charge on any atom is 0.302 e. The number of halogens is 3. The fourth-order valence-electron chi connectivity index (χ4n) is 8.06. The number of benzene rings is 3. The molecule has 286 valence electrons. The van der Waals surface area contributed by atoms with E-state index in [1.807, 2.05) is 73.5 Å². The van der Waals surface area contributed by atoms with E-state index in [0.717, 1.165) is 64.1 Å². The summed E-state index contributed by atoms with van der Waals surface area (Å²) >= 11 is 9.47. The van der Waals surface area contributed by atoms with Gasteiger partial charge in [-0.25, -0.2) is 14.4 Å². The van der Waals surface area contributed by atoms with Gasteiger partial charge in [-0.15, -0.1) is 0 Å². The third-order valence-electron chi connectivity index (χ3n) is 10.8. The van der Waals surface area contributed by atoms with Gasteiger partial charge >= 0.3 is 5.95 Å². The van der Waals surface area contributed by atoms with Gasteiger partial charge < -0.3 is 34.1 Å². The lowest BCUT2D eigenvalue weighted by Gasteiger charge is -2.31. The van der Waals surface area contributed by atoms with Crippen LogP contribution < -0.4 is 24.4 Å². The molecule has 0 radical (unpaired) electrons. The second-order valence-electron chi connectivity index (χ2n) is 14.5. The lowest BCUT2D eigenvalue weighted by atomic mass is 9.94. The number of aliphatic imine (C=N–C) groups is 1. The molecule has 2 fully saturated rings. The largest absolute Gasteiger partial charge is 0.497 e. The summed E-state index contributed by atoms with van der Waals surface area (Å²) in [5.74, 6) is 2.28. The van der Waals surface area contributed by atoms with Crippen molar-refractivity contribution in [3.63, 3.8) is 0 Å². The van der Waals surface area contributed by atoms with Crippen LogP contribution in [0, 0.1) is 16.3 Å². The standard InChI is InChI=1S/C42H43ClFIN6O4/c1-25-18-42(15-6-16-51(42)19-25)23-54-32-22-49(3)41-34-38(46-24-47-41)35(43)33(36(44)40(34)55-32)39-37(45)26(2)17-31(48-39)50(20-27-7-11-29(52-4)12-8-27)21-28-9-13-30(53-5)14-10-28/h7-14,17,22,46H,1,6,15-16,18-21,23-24H2,2-5H3/t42-/m0/s1. The highest BCUT2D eigenvalue weighted by atomic mass is 127. The number of nitrogens with one attached hydrogen (secondary N) is 1. The van der Waals surface area contributed by atoms with Gasteiger partial charge in [-0.3, -0.25) is 4.90 Å². The number of hydrogen-bond donors (Lipinski definition) is 1. The number of ether oxygens (including phenoxy) is 4. The van der Waals surface area contributed by atoms with E-state index in [1.165, 1.54) is 5.57 Å². The molecule has 0 amide bonds. The molecule has 0 bridgehead atoms. The SMILES string of the molecule is C=C1CN2CCC[C@@]2(COC2=CN(C)C3=NCNc4c(Cl)c(-c5nc(N(Cc6ccc(OC)cc6)Cc6ccc(OC)cc6)cc(C)c5I)c(F)c(c43)O2)C1. The van der Waals surface area contributed by atoms with Crippen molar-refractivity contribution >= 4 is 51.5 Å². The number of pyridine rings is 1. The van der Waals surface area contributed by atoms with Gasteiger partial charge in [0.05, 0.1) is 53.5 Å². The Bertz CT molecular complexity index is 2170. The van der Waals surface area contributed by atoms with Crippen molar-refractivity contribution in [3.8, 4) is 28.5 Å². The van der Waals surface area contributed by atoms with Crippen LogP contribution in [0.2, 0.25) is 5.02 Å². The van der Waals surface area contributed by atoms with Crippen molar-refractivity contribution in [1.29, 1.82) is 0 Å². The Morgan fingerprint density at radius 2 is 1.73 bits per heavy atom. The van der Waals surface area contributed by atoms with Crippen molar-refractivity contribution in [2.24, 2.45) is 4.99 Å². The van der Waals surface area contributed by atoms with Crippen molar-refractivity contribution < 1.29 is 23.3 Å². The van der Waals surface area contributed by atoms with Gasteiger partial charge in [0.25, 0.3) is 0 Å². The zero-order chi connectivity index (χ0) is 38.4. The topological polar surface area (TPSA) is 83.9 Å². The van der Waals surface area contributed by atoms with E-state index in [-0.39, 0.29) is 34.5 Å². The Morgan fingerprint density at radius 1 is 1.05 bits per heavy atom. The third-order valence-corrected chi connectivity index (χ3v) is 12.6. The summed E-state index contributed by atoms with van der Waals surface area (Å²) in [6.45, 7) is 9.86. The molecule has 13 heteroatoms. The summed E-state index contributed by atoms with van der Waals surface area (Å²) in [4.78, 5) is 16.3. The van der Waals surface area contributed by atoms with Crippen LogP contribution in [0.1, 0.15) is 41.5 Å². The van der Waals surface area contributed by atoms with E-state index in [1.54, 1.807) is 20.4 Å². The highest BCUT2D eigenvalue weighted by molar-refractivity contribution is 14.1. The summed E-state index contributed by atoms with van der Waals surface area (Å²) in [5, 5.41) is 3.51. The molecule has 0 saturated carbocycles. The van der Waals surface area contributed by atoms with Crippen molar-refractivity contribution in [1.82, 2.24) is 14.8 Å². The lowest BCUT2D eigenvalue weighted by Crippen LogP contribution is -2.42. The third kappa shape index (κ3) is 7.08. The second kappa shape index (κ2) is 15.2. The molecule has 3 aromatic carbocycles. The highest BCUT2D eigenvalue weighted by Crippen LogP contribution is 2.49. The van der Waals surface area contributed by atoms with Gasteiger partial charge in [0.1, 0.15) is 36.4 Å². The number of hydrogen-bond acceptors (Lipinski definition) is 10. The zero-order valence-corrected chi connectivity index (χ0v) is 34.3. The monoisotopic (exact) mass is 876 g/mol. The summed E-state index contributed by atoms with van der Waals surface area (Å²) < 4.78 is 42.0. The van der Waals surface area contributed by atoms with Crippen LogP contribution in [0.5, 0.6) is 17.2 Å². The quantitative estimate of drug-likeness (QED) is 0.118. The van der Waals surface area contributed by atoms with Crippen LogP contribution in [0.15, 0.2) is 83.9 Å². The first kappa shape index (κ1) is 37.4. The number of amidine groups is 1. The molecule has 4 aliphatic heterocycles. The lowest BCUT2D eigenvalue weighted by molar-refractivity contribution is 0.0269. The number of methoxy groups -OCH3 is 2. The Kier molecular flexibility index (Phi) is 10.3. The minimum absolute atomic E-state index is 0.0125. The van der Waals surface area contributed by atoms with Gasteiger partial charge in [0.2, 0.25) is 0 Å². The second-order valence-corrected chi connectivity index (χ2v) is 16.0. The Labute approximate surface area is 339 Å². The van der Waals surface area contributed by atoms with Gasteiger partial charge in [0.15, 0.2) is 11.6 Å². The first-order chi connectivity index (χ1) is 26.6. The molecular formula is C42H43ClFIN6O4. The molecule has 0 spiro atoms. The summed E-state index contributed by atoms with van der Waals surface area (Å²) in [5.41, 5.74) is 5.62. The molecule has 4 aromatic rings. The molecule has 1 atom stereocenters.